The molecule has 7 nitrogen and oxygen atoms in total. The molecule has 1 aliphatic heterocycles. The molecule has 0 saturated carbocycles. The zero-order chi connectivity index (χ0) is 23.8. The number of aliphatic hydroxyl groups is 1. The van der Waals surface area contributed by atoms with Crippen LogP contribution in [0.15, 0.2) is 36.5 Å². The number of benzene rings is 1. The number of carbonyl (C=O) groups excluding carboxylic acids is 1. The normalized spacial score (nSPS) is 16.0. The number of carbonyl (C=O) groups is 1. The van der Waals surface area contributed by atoms with Gasteiger partial charge in [-0.1, -0.05) is 0 Å². The van der Waals surface area contributed by atoms with Crippen molar-refractivity contribution < 1.29 is 14.6 Å². The molecule has 1 amide bonds. The molecule has 2 aromatic heterocycles. The standard InChI is InChI=1S/C24H27AsN4O3S/c1-15-6-5-7-16(14-15)18-19(17-8-11-26-21(25)27-17)33-20(28-18)24(31)9-12-29(13-10-24)22(30)32-23(2,3)4/h5-8,11,14,31H,9-10,12-13H2,1-4H3. The van der Waals surface area contributed by atoms with Crippen molar-refractivity contribution in [3.8, 4) is 21.8 Å². The topological polar surface area (TPSA) is 88.4 Å². The number of aromatic nitrogens is 3. The van der Waals surface area contributed by atoms with Crippen molar-refractivity contribution in [3.05, 3.63) is 47.1 Å². The second kappa shape index (κ2) is 9.16. The zero-order valence-corrected chi connectivity index (χ0v) is 21.9. The molecule has 0 aliphatic carbocycles. The minimum atomic E-state index is -1.11. The van der Waals surface area contributed by atoms with Crippen LogP contribution in [0, 0.1) is 6.92 Å². The Morgan fingerprint density at radius 2 is 1.94 bits per heavy atom. The average Bonchev–Trinajstić information content (AvgIpc) is 3.19. The summed E-state index contributed by atoms with van der Waals surface area (Å²) in [5.41, 5.74) is 2.02. The Hall–Kier alpha value is -2.28. The van der Waals surface area contributed by atoms with Gasteiger partial charge in [0.05, 0.1) is 0 Å². The molecule has 0 bridgehead atoms. The Labute approximate surface area is 206 Å². The van der Waals surface area contributed by atoms with Crippen molar-refractivity contribution >= 4 is 38.9 Å². The number of hydrogen-bond acceptors (Lipinski definition) is 7. The number of hydrogen-bond donors (Lipinski definition) is 1. The van der Waals surface area contributed by atoms with Gasteiger partial charge in [0.2, 0.25) is 0 Å². The van der Waals surface area contributed by atoms with Crippen LogP contribution in [0.1, 0.15) is 44.2 Å². The van der Waals surface area contributed by atoms with Gasteiger partial charge in [-0.2, -0.15) is 0 Å². The van der Waals surface area contributed by atoms with Crippen LogP contribution < -0.4 is 4.61 Å². The van der Waals surface area contributed by atoms with Crippen LogP contribution >= 0.6 is 11.3 Å². The van der Waals surface area contributed by atoms with E-state index in [2.05, 4.69) is 32.9 Å². The van der Waals surface area contributed by atoms with Crippen LogP contribution in [0.3, 0.4) is 0 Å². The van der Waals surface area contributed by atoms with E-state index >= 15 is 0 Å². The second-order valence-electron chi connectivity index (χ2n) is 9.31. The first kappa shape index (κ1) is 23.9. The maximum atomic E-state index is 12.4. The number of ether oxygens (including phenoxy) is 1. The molecule has 9 heteroatoms. The second-order valence-corrected chi connectivity index (χ2v) is 11.1. The van der Waals surface area contributed by atoms with Gasteiger partial charge in [-0.05, 0) is 20.8 Å². The van der Waals surface area contributed by atoms with Crippen molar-refractivity contribution in [1.82, 2.24) is 19.9 Å². The van der Waals surface area contributed by atoms with Gasteiger partial charge in [0.15, 0.2) is 0 Å². The van der Waals surface area contributed by atoms with E-state index in [0.717, 1.165) is 27.4 Å². The number of piperidine rings is 1. The predicted octanol–water partition coefficient (Wildman–Crippen LogP) is 3.59. The van der Waals surface area contributed by atoms with E-state index in [0.29, 0.717) is 35.6 Å². The molecule has 0 atom stereocenters. The molecule has 1 aliphatic rings. The van der Waals surface area contributed by atoms with Gasteiger partial charge in [0.1, 0.15) is 5.60 Å². The first-order valence-electron chi connectivity index (χ1n) is 10.9. The van der Waals surface area contributed by atoms with Gasteiger partial charge >= 0.3 is 181 Å². The monoisotopic (exact) mass is 526 g/mol. The van der Waals surface area contributed by atoms with E-state index in [4.69, 9.17) is 9.72 Å². The molecule has 1 N–H and O–H groups in total. The first-order valence-corrected chi connectivity index (χ1v) is 12.6. The van der Waals surface area contributed by atoms with Crippen molar-refractivity contribution in [2.45, 2.75) is 51.7 Å². The van der Waals surface area contributed by atoms with Gasteiger partial charge in [-0.25, -0.2) is 0 Å². The van der Waals surface area contributed by atoms with Crippen LogP contribution in [0.5, 0.6) is 0 Å². The summed E-state index contributed by atoms with van der Waals surface area (Å²) in [6.07, 6.45) is 2.17. The molecule has 33 heavy (non-hydrogen) atoms. The Morgan fingerprint density at radius 3 is 2.58 bits per heavy atom. The predicted molar refractivity (Wildman–Crippen MR) is 130 cm³/mol. The molecule has 1 aromatic carbocycles. The zero-order valence-electron chi connectivity index (χ0n) is 19.2. The van der Waals surface area contributed by atoms with E-state index in [1.165, 1.54) is 11.3 Å². The van der Waals surface area contributed by atoms with Gasteiger partial charge in [0, 0.05) is 0 Å². The molecule has 172 valence electrons. The number of thiazole rings is 1. The van der Waals surface area contributed by atoms with E-state index in [1.807, 2.05) is 52.0 Å². The molecule has 4 rings (SSSR count). The third-order valence-electron chi connectivity index (χ3n) is 5.43. The van der Waals surface area contributed by atoms with Crippen LogP contribution in [0.25, 0.3) is 21.8 Å². The number of nitrogens with zero attached hydrogens (tertiary/aromatic N) is 4. The fraction of sp³-hybridized carbons (Fsp3) is 0.417. The number of likely N-dealkylation sites (tertiary alicyclic amines) is 1. The van der Waals surface area contributed by atoms with Crippen molar-refractivity contribution in [3.63, 3.8) is 0 Å². The molecule has 1 saturated heterocycles. The van der Waals surface area contributed by atoms with Crippen LogP contribution in [-0.4, -0.2) is 66.6 Å². The molecule has 3 heterocycles. The van der Waals surface area contributed by atoms with Crippen LogP contribution in [0.4, 0.5) is 4.79 Å². The molecule has 0 spiro atoms. The Kier molecular flexibility index (Phi) is 6.63. The summed E-state index contributed by atoms with van der Waals surface area (Å²) in [5.74, 6) is 0. The summed E-state index contributed by atoms with van der Waals surface area (Å²) in [6.45, 7) is 8.41. The van der Waals surface area contributed by atoms with Gasteiger partial charge in [0.25, 0.3) is 0 Å². The van der Waals surface area contributed by atoms with E-state index in [9.17, 15) is 9.90 Å². The number of rotatable bonds is 3. The average molecular weight is 526 g/mol. The van der Waals surface area contributed by atoms with Crippen molar-refractivity contribution in [2.75, 3.05) is 13.1 Å². The Morgan fingerprint density at radius 1 is 1.21 bits per heavy atom. The summed E-state index contributed by atoms with van der Waals surface area (Å²) < 4.78 is 6.11. The van der Waals surface area contributed by atoms with Gasteiger partial charge < -0.3 is 0 Å². The molecule has 2 radical (unpaired) electrons. The molecular formula is C24H27AsN4O3S. The first-order chi connectivity index (χ1) is 15.5. The van der Waals surface area contributed by atoms with Crippen molar-refractivity contribution in [1.29, 1.82) is 0 Å². The molecule has 1 fully saturated rings. The summed E-state index contributed by atoms with van der Waals surface area (Å²) >= 11 is 3.81. The van der Waals surface area contributed by atoms with E-state index < -0.39 is 11.2 Å². The van der Waals surface area contributed by atoms with Crippen LogP contribution in [-0.2, 0) is 10.3 Å². The quantitative estimate of drug-likeness (QED) is 0.525. The van der Waals surface area contributed by atoms with Crippen molar-refractivity contribution in [2.24, 2.45) is 0 Å². The van der Waals surface area contributed by atoms with E-state index in [-0.39, 0.29) is 6.09 Å². The fourth-order valence-electron chi connectivity index (χ4n) is 3.76. The Balaban J connectivity index is 1.66. The SMILES string of the molecule is Cc1cccc(-c2nc(C3(O)CCN(C(=O)OC(C)(C)C)CC3)sc2-c2ccnc([As])n2)c1. The molecule has 0 unspecified atom stereocenters. The maximum absolute atomic E-state index is 12.4. The minimum absolute atomic E-state index is 0.348. The summed E-state index contributed by atoms with van der Waals surface area (Å²) in [7, 11) is 0. The summed E-state index contributed by atoms with van der Waals surface area (Å²) in [6, 6.07) is 10.0. The van der Waals surface area contributed by atoms with E-state index in [1.54, 1.807) is 11.1 Å². The fourth-order valence-corrected chi connectivity index (χ4v) is 5.32. The van der Waals surface area contributed by atoms with Crippen LogP contribution in [0.2, 0.25) is 0 Å². The van der Waals surface area contributed by atoms with Gasteiger partial charge in [-0.3, -0.25) is 0 Å². The molecular weight excluding hydrogens is 499 g/mol. The third kappa shape index (κ3) is 5.45. The number of amides is 1. The molecule has 3 aromatic rings. The summed E-state index contributed by atoms with van der Waals surface area (Å²) in [4.78, 5) is 28.7. The number of aryl methyl sites for hydroxylation is 1. The Bertz CT molecular complexity index is 1100. The summed E-state index contributed by atoms with van der Waals surface area (Å²) in [5, 5.41) is 12.2. The third-order valence-corrected chi connectivity index (χ3v) is 7.16. The van der Waals surface area contributed by atoms with Gasteiger partial charge in [-0.15, -0.1) is 0 Å².